The summed E-state index contributed by atoms with van der Waals surface area (Å²) in [5.74, 6) is 0. The summed E-state index contributed by atoms with van der Waals surface area (Å²) >= 11 is 0. The van der Waals surface area contributed by atoms with E-state index >= 15 is 0 Å². The summed E-state index contributed by atoms with van der Waals surface area (Å²) in [6.07, 6.45) is 3.94. The lowest BCUT2D eigenvalue weighted by Gasteiger charge is -2.29. The van der Waals surface area contributed by atoms with Crippen LogP contribution >= 0.6 is 0 Å². The molecule has 0 N–H and O–H groups in total. The summed E-state index contributed by atoms with van der Waals surface area (Å²) < 4.78 is 2.16. The second-order valence-corrected chi connectivity index (χ2v) is 8.01. The average Bonchev–Trinajstić information content (AvgIpc) is 3.21. The van der Waals surface area contributed by atoms with Crippen LogP contribution in [-0.2, 0) is 6.54 Å². The fourth-order valence-corrected chi connectivity index (χ4v) is 4.36. The molecule has 1 fully saturated rings. The SMILES string of the molecule is [N-]=[N+]=NC1CCN(Cc2ccc(-c3nc4ccccn4c3-c3ccccc3)cc2)CC1. The van der Waals surface area contributed by atoms with E-state index in [9.17, 15) is 0 Å². The Balaban J connectivity index is 1.41. The molecular weight excluding hydrogens is 384 g/mol. The van der Waals surface area contributed by atoms with Gasteiger partial charge in [-0.3, -0.25) is 9.30 Å². The van der Waals surface area contributed by atoms with Gasteiger partial charge in [-0.1, -0.05) is 65.8 Å². The molecule has 0 aliphatic carbocycles. The van der Waals surface area contributed by atoms with E-state index in [4.69, 9.17) is 10.5 Å². The van der Waals surface area contributed by atoms with Crippen LogP contribution < -0.4 is 0 Å². The highest BCUT2D eigenvalue weighted by atomic mass is 15.2. The van der Waals surface area contributed by atoms with Crippen LogP contribution in [0.4, 0.5) is 0 Å². The summed E-state index contributed by atoms with van der Waals surface area (Å²) in [5, 5.41) is 3.87. The van der Waals surface area contributed by atoms with Crippen LogP contribution in [0.3, 0.4) is 0 Å². The van der Waals surface area contributed by atoms with Crippen LogP contribution in [0.2, 0.25) is 0 Å². The number of piperidine rings is 1. The van der Waals surface area contributed by atoms with E-state index in [1.54, 1.807) is 0 Å². The molecule has 0 radical (unpaired) electrons. The van der Waals surface area contributed by atoms with Gasteiger partial charge in [-0.15, -0.1) is 0 Å². The molecule has 0 amide bonds. The maximum Gasteiger partial charge on any atom is 0.137 e. The molecule has 1 saturated heterocycles. The minimum Gasteiger partial charge on any atom is -0.299 e. The third kappa shape index (κ3) is 4.04. The van der Waals surface area contributed by atoms with Crippen LogP contribution in [0.25, 0.3) is 38.6 Å². The van der Waals surface area contributed by atoms with Crippen molar-refractivity contribution in [2.75, 3.05) is 13.1 Å². The van der Waals surface area contributed by atoms with E-state index in [0.29, 0.717) is 0 Å². The van der Waals surface area contributed by atoms with Gasteiger partial charge < -0.3 is 0 Å². The Morgan fingerprint density at radius 2 is 1.65 bits per heavy atom. The predicted molar refractivity (Wildman–Crippen MR) is 124 cm³/mol. The van der Waals surface area contributed by atoms with Crippen molar-refractivity contribution >= 4 is 5.65 Å². The van der Waals surface area contributed by atoms with Gasteiger partial charge in [-0.25, -0.2) is 4.98 Å². The van der Waals surface area contributed by atoms with Crippen molar-refractivity contribution in [1.82, 2.24) is 14.3 Å². The standard InChI is InChI=1S/C25H24N6/c26-29-28-22-13-16-30(17-14-22)18-19-9-11-20(12-10-19)24-25(21-6-2-1-3-7-21)31-15-5-4-8-23(31)27-24/h1-12,15,22H,13-14,16-18H2. The number of rotatable bonds is 5. The zero-order valence-corrected chi connectivity index (χ0v) is 17.3. The molecule has 3 heterocycles. The number of aromatic nitrogens is 2. The molecule has 1 aliphatic heterocycles. The Morgan fingerprint density at radius 1 is 0.903 bits per heavy atom. The number of imidazole rings is 1. The van der Waals surface area contributed by atoms with Crippen LogP contribution in [0.15, 0.2) is 84.1 Å². The zero-order chi connectivity index (χ0) is 21.0. The van der Waals surface area contributed by atoms with Crippen molar-refractivity contribution in [3.8, 4) is 22.5 Å². The van der Waals surface area contributed by atoms with E-state index in [0.717, 1.165) is 60.6 Å². The lowest BCUT2D eigenvalue weighted by molar-refractivity contribution is 0.205. The van der Waals surface area contributed by atoms with Crippen LogP contribution in [0.5, 0.6) is 0 Å². The van der Waals surface area contributed by atoms with Gasteiger partial charge in [0.1, 0.15) is 5.65 Å². The van der Waals surface area contributed by atoms with Gasteiger partial charge in [0.2, 0.25) is 0 Å². The molecule has 2 aromatic carbocycles. The highest BCUT2D eigenvalue weighted by Gasteiger charge is 2.19. The number of hydrogen-bond acceptors (Lipinski definition) is 3. The summed E-state index contributed by atoms with van der Waals surface area (Å²) in [6, 6.07) is 25.5. The molecule has 0 atom stereocenters. The van der Waals surface area contributed by atoms with Gasteiger partial charge in [-0.2, -0.15) is 0 Å². The Morgan fingerprint density at radius 3 is 2.39 bits per heavy atom. The van der Waals surface area contributed by atoms with Crippen molar-refractivity contribution in [3.63, 3.8) is 0 Å². The van der Waals surface area contributed by atoms with Crippen LogP contribution in [-0.4, -0.2) is 33.4 Å². The molecule has 6 nitrogen and oxygen atoms in total. The third-order valence-electron chi connectivity index (χ3n) is 5.98. The molecule has 4 aromatic rings. The summed E-state index contributed by atoms with van der Waals surface area (Å²) in [6.45, 7) is 2.85. The van der Waals surface area contributed by atoms with Gasteiger partial charge >= 0.3 is 0 Å². The number of nitrogens with zero attached hydrogens (tertiary/aromatic N) is 6. The summed E-state index contributed by atoms with van der Waals surface area (Å²) in [7, 11) is 0. The molecular formula is C25H24N6. The van der Waals surface area contributed by atoms with Gasteiger partial charge in [0.15, 0.2) is 0 Å². The van der Waals surface area contributed by atoms with Crippen LogP contribution in [0, 0.1) is 0 Å². The normalized spacial score (nSPS) is 15.1. The largest absolute Gasteiger partial charge is 0.299 e. The smallest absolute Gasteiger partial charge is 0.137 e. The van der Waals surface area contributed by atoms with E-state index < -0.39 is 0 Å². The van der Waals surface area contributed by atoms with Crippen molar-refractivity contribution in [1.29, 1.82) is 0 Å². The highest BCUT2D eigenvalue weighted by Crippen LogP contribution is 2.33. The molecule has 0 unspecified atom stereocenters. The Hall–Kier alpha value is -3.60. The number of pyridine rings is 1. The number of hydrogen-bond donors (Lipinski definition) is 0. The number of azide groups is 1. The van der Waals surface area contributed by atoms with Gasteiger partial charge in [0, 0.05) is 34.8 Å². The molecule has 154 valence electrons. The number of benzene rings is 2. The molecule has 0 spiro atoms. The lowest BCUT2D eigenvalue weighted by Crippen LogP contribution is -2.34. The van der Waals surface area contributed by atoms with E-state index in [1.165, 1.54) is 5.56 Å². The Bertz CT molecular complexity index is 1210. The Labute approximate surface area is 181 Å². The van der Waals surface area contributed by atoms with E-state index in [1.807, 2.05) is 24.3 Å². The van der Waals surface area contributed by atoms with Crippen molar-refractivity contribution in [3.05, 3.63) is 95.0 Å². The topological polar surface area (TPSA) is 69.3 Å². The quantitative estimate of drug-likeness (QED) is 0.233. The third-order valence-corrected chi connectivity index (χ3v) is 5.98. The molecule has 1 aliphatic rings. The van der Waals surface area contributed by atoms with Gasteiger partial charge in [0.05, 0.1) is 11.4 Å². The molecule has 6 heteroatoms. The fraction of sp³-hybridized carbons (Fsp3) is 0.240. The minimum atomic E-state index is 0.148. The fourth-order valence-electron chi connectivity index (χ4n) is 4.36. The lowest BCUT2D eigenvalue weighted by atomic mass is 10.0. The van der Waals surface area contributed by atoms with E-state index in [2.05, 4.69) is 74.1 Å². The summed E-state index contributed by atoms with van der Waals surface area (Å²) in [4.78, 5) is 10.3. The van der Waals surface area contributed by atoms with Crippen molar-refractivity contribution in [2.45, 2.75) is 25.4 Å². The van der Waals surface area contributed by atoms with Crippen molar-refractivity contribution in [2.24, 2.45) is 5.11 Å². The minimum absolute atomic E-state index is 0.148. The van der Waals surface area contributed by atoms with Crippen LogP contribution in [0.1, 0.15) is 18.4 Å². The first-order valence-electron chi connectivity index (χ1n) is 10.7. The van der Waals surface area contributed by atoms with E-state index in [-0.39, 0.29) is 6.04 Å². The van der Waals surface area contributed by atoms with Gasteiger partial charge in [0.25, 0.3) is 0 Å². The second kappa shape index (κ2) is 8.64. The zero-order valence-electron chi connectivity index (χ0n) is 17.3. The molecule has 0 saturated carbocycles. The molecule has 2 aromatic heterocycles. The number of fused-ring (bicyclic) bond motifs is 1. The van der Waals surface area contributed by atoms with Crippen molar-refractivity contribution < 1.29 is 0 Å². The molecule has 5 rings (SSSR count). The predicted octanol–water partition coefficient (Wildman–Crippen LogP) is 5.94. The number of likely N-dealkylation sites (tertiary alicyclic amines) is 1. The summed E-state index contributed by atoms with van der Waals surface area (Å²) in [5.41, 5.74) is 15.2. The molecule has 0 bridgehead atoms. The molecule has 31 heavy (non-hydrogen) atoms. The first-order chi connectivity index (χ1) is 15.3. The Kier molecular flexibility index (Phi) is 5.40. The first-order valence-corrected chi connectivity index (χ1v) is 10.7. The highest BCUT2D eigenvalue weighted by molar-refractivity contribution is 5.82. The average molecular weight is 409 g/mol. The maximum atomic E-state index is 8.62. The first kappa shape index (κ1) is 19.4. The monoisotopic (exact) mass is 408 g/mol. The second-order valence-electron chi connectivity index (χ2n) is 8.01. The van der Waals surface area contributed by atoms with Gasteiger partial charge in [-0.05, 0) is 49.2 Å². The maximum absolute atomic E-state index is 8.62.